The van der Waals surface area contributed by atoms with Crippen LogP contribution in [0.1, 0.15) is 76.7 Å². The number of carbonyl (C=O) groups excluding carboxylic acids is 2. The SMILES string of the molecule is CCCC(C1CCCCC1)N(CCO)C(=O)CCCCOc1ccc2c(c1)N=C1NC(=O)CN1C2. The molecule has 1 aromatic rings. The fraction of sp³-hybridized carbons (Fsp3) is 0.667. The van der Waals surface area contributed by atoms with Crippen molar-refractivity contribution in [1.29, 1.82) is 0 Å². The van der Waals surface area contributed by atoms with Crippen molar-refractivity contribution in [2.24, 2.45) is 10.9 Å². The number of nitrogens with one attached hydrogen (secondary N) is 1. The number of ether oxygens (including phenoxy) is 1. The lowest BCUT2D eigenvalue weighted by atomic mass is 9.81. The van der Waals surface area contributed by atoms with E-state index < -0.39 is 0 Å². The fourth-order valence-corrected chi connectivity index (χ4v) is 5.67. The molecule has 1 aromatic carbocycles. The van der Waals surface area contributed by atoms with E-state index in [9.17, 15) is 14.7 Å². The first kappa shape index (κ1) is 25.5. The number of benzene rings is 1. The van der Waals surface area contributed by atoms with Gasteiger partial charge in [0.15, 0.2) is 0 Å². The molecule has 2 heterocycles. The second-order valence-electron chi connectivity index (χ2n) is 10.0. The molecule has 192 valence electrons. The molecule has 0 radical (unpaired) electrons. The maximum atomic E-state index is 13.1. The summed E-state index contributed by atoms with van der Waals surface area (Å²) in [6, 6.07) is 6.12. The third-order valence-electron chi connectivity index (χ3n) is 7.42. The molecular formula is C27H40N4O4. The minimum Gasteiger partial charge on any atom is -0.494 e. The summed E-state index contributed by atoms with van der Waals surface area (Å²) in [5, 5.41) is 12.4. The van der Waals surface area contributed by atoms with Gasteiger partial charge in [-0.05, 0) is 49.7 Å². The van der Waals surface area contributed by atoms with Crippen LogP contribution in [-0.2, 0) is 16.1 Å². The number of aliphatic hydroxyl groups excluding tert-OH is 1. The predicted molar refractivity (Wildman–Crippen MR) is 136 cm³/mol. The van der Waals surface area contributed by atoms with Gasteiger partial charge in [0.2, 0.25) is 17.8 Å². The van der Waals surface area contributed by atoms with Crippen molar-refractivity contribution < 1.29 is 19.4 Å². The summed E-state index contributed by atoms with van der Waals surface area (Å²) in [4.78, 5) is 33.2. The van der Waals surface area contributed by atoms with E-state index in [1.807, 2.05) is 28.0 Å². The quantitative estimate of drug-likeness (QED) is 0.441. The number of hydrogen-bond donors (Lipinski definition) is 2. The van der Waals surface area contributed by atoms with Crippen LogP contribution in [0.4, 0.5) is 5.69 Å². The second kappa shape index (κ2) is 12.4. The van der Waals surface area contributed by atoms with E-state index in [1.165, 1.54) is 32.1 Å². The van der Waals surface area contributed by atoms with Crippen molar-refractivity contribution >= 4 is 23.5 Å². The van der Waals surface area contributed by atoms with Crippen LogP contribution in [-0.4, -0.2) is 65.0 Å². The summed E-state index contributed by atoms with van der Waals surface area (Å²) in [5.41, 5.74) is 1.90. The van der Waals surface area contributed by atoms with Crippen molar-refractivity contribution in [2.45, 2.75) is 83.7 Å². The highest BCUT2D eigenvalue weighted by atomic mass is 16.5. The summed E-state index contributed by atoms with van der Waals surface area (Å²) < 4.78 is 5.94. The van der Waals surface area contributed by atoms with E-state index in [2.05, 4.69) is 17.2 Å². The van der Waals surface area contributed by atoms with Gasteiger partial charge in [-0.15, -0.1) is 0 Å². The van der Waals surface area contributed by atoms with Gasteiger partial charge in [0.1, 0.15) is 12.3 Å². The second-order valence-corrected chi connectivity index (χ2v) is 10.0. The molecule has 0 aromatic heterocycles. The lowest BCUT2D eigenvalue weighted by Gasteiger charge is -2.39. The van der Waals surface area contributed by atoms with Gasteiger partial charge in [-0.1, -0.05) is 38.7 Å². The topological polar surface area (TPSA) is 94.5 Å². The minimum absolute atomic E-state index is 0.0196. The Hall–Kier alpha value is -2.61. The highest BCUT2D eigenvalue weighted by Crippen LogP contribution is 2.32. The van der Waals surface area contributed by atoms with E-state index in [0.29, 0.717) is 44.5 Å². The Kier molecular flexibility index (Phi) is 9.01. The van der Waals surface area contributed by atoms with Gasteiger partial charge in [-0.3, -0.25) is 14.9 Å². The number of amides is 2. The number of carbonyl (C=O) groups is 2. The summed E-state index contributed by atoms with van der Waals surface area (Å²) in [6.07, 6.45) is 10.3. The predicted octanol–water partition coefficient (Wildman–Crippen LogP) is 3.74. The van der Waals surface area contributed by atoms with Crippen molar-refractivity contribution in [3.8, 4) is 5.75 Å². The molecule has 35 heavy (non-hydrogen) atoms. The van der Waals surface area contributed by atoms with Crippen LogP contribution in [0, 0.1) is 5.92 Å². The maximum Gasteiger partial charge on any atom is 0.246 e. The Morgan fingerprint density at radius 1 is 1.26 bits per heavy atom. The third-order valence-corrected chi connectivity index (χ3v) is 7.42. The van der Waals surface area contributed by atoms with Crippen LogP contribution in [0.25, 0.3) is 0 Å². The number of unbranched alkanes of at least 4 members (excludes halogenated alkanes) is 1. The maximum absolute atomic E-state index is 13.1. The van der Waals surface area contributed by atoms with Crippen LogP contribution in [0.15, 0.2) is 23.2 Å². The molecule has 1 atom stereocenters. The Balaban J connectivity index is 1.25. The van der Waals surface area contributed by atoms with Gasteiger partial charge in [0, 0.05) is 31.6 Å². The molecule has 1 saturated carbocycles. The number of rotatable bonds is 12. The fourth-order valence-electron chi connectivity index (χ4n) is 5.67. The zero-order valence-electron chi connectivity index (χ0n) is 21.0. The molecule has 1 aliphatic carbocycles. The molecular weight excluding hydrogens is 444 g/mol. The van der Waals surface area contributed by atoms with E-state index in [0.717, 1.165) is 42.7 Å². The molecule has 0 spiro atoms. The van der Waals surface area contributed by atoms with Crippen LogP contribution >= 0.6 is 0 Å². The normalized spacial score (nSPS) is 18.4. The zero-order valence-corrected chi connectivity index (χ0v) is 21.0. The van der Waals surface area contributed by atoms with Crippen molar-refractivity contribution in [3.63, 3.8) is 0 Å². The standard InChI is InChI=1S/C27H40N4O4/c1-2-8-24(20-9-4-3-5-10-20)31(14-15-32)26(34)11-6-7-16-35-22-13-12-21-18-30-19-25(33)29-27(30)28-23(21)17-22/h12-13,17,20,24,32H,2-11,14-16,18-19H2,1H3,(H,28,29,33). The Morgan fingerprint density at radius 2 is 2.09 bits per heavy atom. The molecule has 8 nitrogen and oxygen atoms in total. The minimum atomic E-state index is -0.0279. The Labute approximate surface area is 208 Å². The zero-order chi connectivity index (χ0) is 24.6. The van der Waals surface area contributed by atoms with Gasteiger partial charge >= 0.3 is 0 Å². The number of guanidine groups is 1. The Bertz CT molecular complexity index is 912. The summed E-state index contributed by atoms with van der Waals surface area (Å²) in [5.74, 6) is 2.06. The first-order valence-electron chi connectivity index (χ1n) is 13.4. The molecule has 4 rings (SSSR count). The molecule has 0 bridgehead atoms. The largest absolute Gasteiger partial charge is 0.494 e. The van der Waals surface area contributed by atoms with Gasteiger partial charge in [0.25, 0.3) is 0 Å². The number of nitrogens with zero attached hydrogens (tertiary/aromatic N) is 3. The number of fused-ring (bicyclic) bond motifs is 2. The van der Waals surface area contributed by atoms with E-state index >= 15 is 0 Å². The molecule has 2 fully saturated rings. The smallest absolute Gasteiger partial charge is 0.246 e. The van der Waals surface area contributed by atoms with Gasteiger partial charge in [0.05, 0.1) is 18.9 Å². The highest BCUT2D eigenvalue weighted by molar-refractivity contribution is 6.05. The van der Waals surface area contributed by atoms with Crippen molar-refractivity contribution in [3.05, 3.63) is 23.8 Å². The average molecular weight is 485 g/mol. The van der Waals surface area contributed by atoms with Crippen LogP contribution < -0.4 is 10.1 Å². The number of hydrogen-bond acceptors (Lipinski definition) is 6. The van der Waals surface area contributed by atoms with Crippen molar-refractivity contribution in [1.82, 2.24) is 15.1 Å². The molecule has 3 aliphatic rings. The van der Waals surface area contributed by atoms with E-state index in [-0.39, 0.29) is 24.5 Å². The van der Waals surface area contributed by atoms with Gasteiger partial charge in [-0.25, -0.2) is 4.99 Å². The molecule has 1 saturated heterocycles. The van der Waals surface area contributed by atoms with Crippen molar-refractivity contribution in [2.75, 3.05) is 26.3 Å². The van der Waals surface area contributed by atoms with Crippen LogP contribution in [0.2, 0.25) is 0 Å². The molecule has 1 unspecified atom stereocenters. The van der Waals surface area contributed by atoms with Gasteiger partial charge in [-0.2, -0.15) is 0 Å². The van der Waals surface area contributed by atoms with Crippen LogP contribution in [0.5, 0.6) is 5.75 Å². The summed E-state index contributed by atoms with van der Waals surface area (Å²) in [7, 11) is 0. The van der Waals surface area contributed by atoms with E-state index in [4.69, 9.17) is 4.74 Å². The molecule has 2 amide bonds. The van der Waals surface area contributed by atoms with Gasteiger partial charge < -0.3 is 19.6 Å². The number of aliphatic hydroxyl groups is 1. The number of aliphatic imine (C=N–C) groups is 1. The first-order valence-corrected chi connectivity index (χ1v) is 13.4. The third kappa shape index (κ3) is 6.54. The molecule has 8 heteroatoms. The molecule has 2 aliphatic heterocycles. The van der Waals surface area contributed by atoms with E-state index in [1.54, 1.807) is 0 Å². The monoisotopic (exact) mass is 484 g/mol. The average Bonchev–Trinajstić information content (AvgIpc) is 3.23. The lowest BCUT2D eigenvalue weighted by Crippen LogP contribution is -2.46. The highest BCUT2D eigenvalue weighted by Gasteiger charge is 2.31. The summed E-state index contributed by atoms with van der Waals surface area (Å²) >= 11 is 0. The Morgan fingerprint density at radius 3 is 2.86 bits per heavy atom. The van der Waals surface area contributed by atoms with Crippen LogP contribution in [0.3, 0.4) is 0 Å². The lowest BCUT2D eigenvalue weighted by molar-refractivity contribution is -0.136. The first-order chi connectivity index (χ1) is 17.1. The molecule has 2 N–H and O–H groups in total. The summed E-state index contributed by atoms with van der Waals surface area (Å²) in [6.45, 7) is 4.19.